The number of nitrogens with zero attached hydrogens (tertiary/aromatic N) is 3. The molecule has 2 fully saturated rings. The second-order valence-corrected chi connectivity index (χ2v) is 6.08. The van der Waals surface area contributed by atoms with Crippen molar-refractivity contribution in [3.8, 4) is 0 Å². The van der Waals surface area contributed by atoms with Gasteiger partial charge in [0, 0.05) is 35.4 Å². The molecule has 1 aromatic rings. The van der Waals surface area contributed by atoms with Crippen LogP contribution in [0.1, 0.15) is 43.8 Å². The largest absolute Gasteiger partial charge is 0.343 e. The Morgan fingerprint density at radius 2 is 2.19 bits per heavy atom. The molecule has 1 aliphatic carbocycles. The molecule has 1 aromatic heterocycles. The summed E-state index contributed by atoms with van der Waals surface area (Å²) in [5.41, 5.74) is 0. The van der Waals surface area contributed by atoms with E-state index in [1.165, 1.54) is 32.1 Å². The Morgan fingerprint density at radius 3 is 2.94 bits per heavy atom. The number of rotatable bonds is 3. The van der Waals surface area contributed by atoms with E-state index in [9.17, 15) is 0 Å². The Labute approximate surface area is 109 Å². The first-order valence-electron chi connectivity index (χ1n) is 6.04. The Kier molecular flexibility index (Phi) is 3.16. The molecule has 0 radical (unpaired) electrons. The van der Waals surface area contributed by atoms with Gasteiger partial charge in [-0.1, -0.05) is 15.9 Å². The highest BCUT2D eigenvalue weighted by atomic mass is 79.9. The van der Waals surface area contributed by atoms with Crippen LogP contribution in [-0.2, 0) is 0 Å². The minimum Gasteiger partial charge on any atom is -0.343 e. The zero-order valence-corrected chi connectivity index (χ0v) is 11.6. The van der Waals surface area contributed by atoms with Crippen LogP contribution in [0.4, 0.5) is 5.13 Å². The first-order chi connectivity index (χ1) is 7.88. The van der Waals surface area contributed by atoms with E-state index >= 15 is 0 Å². The molecule has 1 unspecified atom stereocenters. The van der Waals surface area contributed by atoms with Crippen molar-refractivity contribution in [2.24, 2.45) is 0 Å². The van der Waals surface area contributed by atoms with Gasteiger partial charge in [-0.2, -0.15) is 4.37 Å². The van der Waals surface area contributed by atoms with Crippen molar-refractivity contribution in [2.45, 2.75) is 44.1 Å². The van der Waals surface area contributed by atoms with Crippen LogP contribution in [-0.4, -0.2) is 27.3 Å². The molecule has 0 aromatic carbocycles. The molecule has 5 heteroatoms. The molecule has 0 bridgehead atoms. The summed E-state index contributed by atoms with van der Waals surface area (Å²) in [6.07, 6.45) is 6.50. The average Bonchev–Trinajstić information content (AvgIpc) is 3.07. The SMILES string of the molecule is BrCC1CCCCN1c1nc(C2CC2)ns1. The van der Waals surface area contributed by atoms with E-state index in [4.69, 9.17) is 4.98 Å². The molecule has 88 valence electrons. The van der Waals surface area contributed by atoms with Gasteiger partial charge < -0.3 is 4.90 Å². The van der Waals surface area contributed by atoms with E-state index in [1.54, 1.807) is 11.5 Å². The van der Waals surface area contributed by atoms with Gasteiger partial charge in [-0.25, -0.2) is 4.98 Å². The van der Waals surface area contributed by atoms with Gasteiger partial charge in [-0.15, -0.1) is 0 Å². The Bertz CT molecular complexity index is 364. The van der Waals surface area contributed by atoms with E-state index < -0.39 is 0 Å². The number of hydrogen-bond acceptors (Lipinski definition) is 4. The van der Waals surface area contributed by atoms with Gasteiger partial charge >= 0.3 is 0 Å². The molecular weight excluding hydrogens is 286 g/mol. The summed E-state index contributed by atoms with van der Waals surface area (Å²) in [4.78, 5) is 7.15. The van der Waals surface area contributed by atoms with E-state index in [1.807, 2.05) is 0 Å². The van der Waals surface area contributed by atoms with Crippen molar-refractivity contribution < 1.29 is 0 Å². The third-order valence-electron chi connectivity index (χ3n) is 3.42. The Balaban J connectivity index is 1.77. The molecule has 16 heavy (non-hydrogen) atoms. The van der Waals surface area contributed by atoms with E-state index in [2.05, 4.69) is 25.2 Å². The third-order valence-corrected chi connectivity index (χ3v) is 4.94. The molecule has 2 aliphatic rings. The molecular formula is C11H16BrN3S. The van der Waals surface area contributed by atoms with Gasteiger partial charge in [0.2, 0.25) is 5.13 Å². The molecule has 3 rings (SSSR count). The maximum atomic E-state index is 4.71. The van der Waals surface area contributed by atoms with Crippen LogP contribution < -0.4 is 4.90 Å². The second-order valence-electron chi connectivity index (χ2n) is 4.71. The van der Waals surface area contributed by atoms with E-state index in [-0.39, 0.29) is 0 Å². The number of alkyl halides is 1. The highest BCUT2D eigenvalue weighted by Crippen LogP contribution is 2.40. The van der Waals surface area contributed by atoms with E-state index in [0.717, 1.165) is 22.8 Å². The molecule has 1 aliphatic heterocycles. The molecule has 2 heterocycles. The highest BCUT2D eigenvalue weighted by molar-refractivity contribution is 9.09. The number of anilines is 1. The summed E-state index contributed by atoms with van der Waals surface area (Å²) in [6.45, 7) is 1.15. The van der Waals surface area contributed by atoms with E-state index in [0.29, 0.717) is 12.0 Å². The first kappa shape index (κ1) is 11.0. The van der Waals surface area contributed by atoms with Crippen LogP contribution >= 0.6 is 27.5 Å². The quantitative estimate of drug-likeness (QED) is 0.803. The summed E-state index contributed by atoms with van der Waals surface area (Å²) < 4.78 is 4.50. The third kappa shape index (κ3) is 2.12. The van der Waals surface area contributed by atoms with Crippen LogP contribution in [0.5, 0.6) is 0 Å². The van der Waals surface area contributed by atoms with Crippen LogP contribution in [0.2, 0.25) is 0 Å². The second kappa shape index (κ2) is 4.61. The molecule has 1 atom stereocenters. The fourth-order valence-corrected chi connectivity index (χ4v) is 3.78. The molecule has 0 spiro atoms. The zero-order valence-electron chi connectivity index (χ0n) is 9.23. The lowest BCUT2D eigenvalue weighted by Gasteiger charge is -2.34. The van der Waals surface area contributed by atoms with Crippen molar-refractivity contribution in [3.05, 3.63) is 5.82 Å². The number of aromatic nitrogens is 2. The topological polar surface area (TPSA) is 29.0 Å². The van der Waals surface area contributed by atoms with Crippen molar-refractivity contribution >= 4 is 32.6 Å². The fourth-order valence-electron chi connectivity index (χ4n) is 2.26. The van der Waals surface area contributed by atoms with Crippen LogP contribution in [0.25, 0.3) is 0 Å². The summed E-state index contributed by atoms with van der Waals surface area (Å²) in [6, 6.07) is 0.619. The van der Waals surface area contributed by atoms with Gasteiger partial charge in [0.25, 0.3) is 0 Å². The minimum atomic E-state index is 0.619. The molecule has 0 N–H and O–H groups in total. The van der Waals surface area contributed by atoms with Crippen LogP contribution in [0.3, 0.4) is 0 Å². The summed E-state index contributed by atoms with van der Waals surface area (Å²) in [5, 5.41) is 2.19. The predicted octanol–water partition coefficient (Wildman–Crippen LogP) is 3.17. The molecule has 0 amide bonds. The van der Waals surface area contributed by atoms with Crippen molar-refractivity contribution in [1.29, 1.82) is 0 Å². The summed E-state index contributed by atoms with van der Waals surface area (Å²) in [5.74, 6) is 1.77. The monoisotopic (exact) mass is 301 g/mol. The molecule has 1 saturated heterocycles. The normalized spacial score (nSPS) is 26.1. The maximum Gasteiger partial charge on any atom is 0.205 e. The minimum absolute atomic E-state index is 0.619. The van der Waals surface area contributed by atoms with Gasteiger partial charge in [-0.3, -0.25) is 0 Å². The van der Waals surface area contributed by atoms with Crippen LogP contribution in [0, 0.1) is 0 Å². The zero-order chi connectivity index (χ0) is 11.0. The number of halogens is 1. The van der Waals surface area contributed by atoms with Crippen molar-refractivity contribution in [3.63, 3.8) is 0 Å². The summed E-state index contributed by atoms with van der Waals surface area (Å²) >= 11 is 5.20. The standard InChI is InChI=1S/C11H16BrN3S/c12-7-9-3-1-2-6-15(9)11-13-10(14-16-11)8-4-5-8/h8-9H,1-7H2. The van der Waals surface area contributed by atoms with Crippen molar-refractivity contribution in [1.82, 2.24) is 9.36 Å². The molecule has 1 saturated carbocycles. The number of piperidine rings is 1. The lowest BCUT2D eigenvalue weighted by molar-refractivity contribution is 0.490. The predicted molar refractivity (Wildman–Crippen MR) is 70.7 cm³/mol. The highest BCUT2D eigenvalue weighted by Gasteiger charge is 2.30. The number of hydrogen-bond donors (Lipinski definition) is 0. The smallest absolute Gasteiger partial charge is 0.205 e. The lowest BCUT2D eigenvalue weighted by Crippen LogP contribution is -2.40. The summed E-state index contributed by atoms with van der Waals surface area (Å²) in [7, 11) is 0. The van der Waals surface area contributed by atoms with Gasteiger partial charge in [-0.05, 0) is 32.1 Å². The Hall–Kier alpha value is -0.160. The average molecular weight is 302 g/mol. The van der Waals surface area contributed by atoms with Crippen LogP contribution in [0.15, 0.2) is 0 Å². The maximum absolute atomic E-state index is 4.71. The van der Waals surface area contributed by atoms with Crippen molar-refractivity contribution in [2.75, 3.05) is 16.8 Å². The Morgan fingerprint density at radius 1 is 1.31 bits per heavy atom. The molecule has 3 nitrogen and oxygen atoms in total. The van der Waals surface area contributed by atoms with Gasteiger partial charge in [0.1, 0.15) is 5.82 Å². The lowest BCUT2D eigenvalue weighted by atomic mass is 10.0. The fraction of sp³-hybridized carbons (Fsp3) is 0.818. The van der Waals surface area contributed by atoms with Gasteiger partial charge in [0.15, 0.2) is 0 Å². The van der Waals surface area contributed by atoms with Gasteiger partial charge in [0.05, 0.1) is 0 Å². The first-order valence-corrected chi connectivity index (χ1v) is 7.94.